The highest BCUT2D eigenvalue weighted by Crippen LogP contribution is 2.21. The standard InChI is InChI=1S/C12H10BrFN2O2S/c1-8-2-3-11(14)12(4-8)16-19(17,18)10-5-9(13)6-15-7-10/h2-7,16H,1H3. The fraction of sp³-hybridized carbons (Fsp3) is 0.0833. The van der Waals surface area contributed by atoms with Gasteiger partial charge in [-0.2, -0.15) is 0 Å². The minimum absolute atomic E-state index is 0.0391. The van der Waals surface area contributed by atoms with Gasteiger partial charge in [-0.15, -0.1) is 0 Å². The number of hydrogen-bond acceptors (Lipinski definition) is 3. The zero-order valence-electron chi connectivity index (χ0n) is 9.89. The lowest BCUT2D eigenvalue weighted by molar-refractivity contribution is 0.598. The second kappa shape index (κ2) is 5.26. The normalized spacial score (nSPS) is 11.3. The number of hydrogen-bond donors (Lipinski definition) is 1. The summed E-state index contributed by atoms with van der Waals surface area (Å²) >= 11 is 3.14. The van der Waals surface area contributed by atoms with Crippen LogP contribution in [-0.4, -0.2) is 13.4 Å². The maximum absolute atomic E-state index is 13.5. The molecule has 0 aliphatic rings. The van der Waals surface area contributed by atoms with Crippen molar-refractivity contribution in [3.05, 3.63) is 52.5 Å². The van der Waals surface area contributed by atoms with Crippen molar-refractivity contribution in [1.29, 1.82) is 0 Å². The Bertz CT molecular complexity index is 719. The Morgan fingerprint density at radius 3 is 2.68 bits per heavy atom. The Kier molecular flexibility index (Phi) is 3.86. The van der Waals surface area contributed by atoms with Gasteiger partial charge in [0.25, 0.3) is 10.0 Å². The lowest BCUT2D eigenvalue weighted by Gasteiger charge is -2.09. The Balaban J connectivity index is 2.39. The third kappa shape index (κ3) is 3.30. The van der Waals surface area contributed by atoms with E-state index >= 15 is 0 Å². The molecule has 0 saturated heterocycles. The van der Waals surface area contributed by atoms with E-state index in [0.717, 1.165) is 5.56 Å². The van der Waals surface area contributed by atoms with E-state index in [2.05, 4.69) is 25.6 Å². The monoisotopic (exact) mass is 344 g/mol. The van der Waals surface area contributed by atoms with Crippen LogP contribution >= 0.6 is 15.9 Å². The SMILES string of the molecule is Cc1ccc(F)c(NS(=O)(=O)c2cncc(Br)c2)c1. The van der Waals surface area contributed by atoms with Crippen molar-refractivity contribution in [2.75, 3.05) is 4.72 Å². The van der Waals surface area contributed by atoms with Crippen LogP contribution in [0.15, 0.2) is 46.0 Å². The van der Waals surface area contributed by atoms with Crippen LogP contribution in [0.3, 0.4) is 0 Å². The number of halogens is 2. The Labute approximate surface area is 118 Å². The average Bonchev–Trinajstić information content (AvgIpc) is 2.33. The van der Waals surface area contributed by atoms with E-state index in [1.54, 1.807) is 13.0 Å². The third-order valence-corrected chi connectivity index (χ3v) is 4.12. The summed E-state index contributed by atoms with van der Waals surface area (Å²) in [6, 6.07) is 5.60. The summed E-state index contributed by atoms with van der Waals surface area (Å²) in [5.41, 5.74) is 0.673. The molecule has 0 saturated carbocycles. The molecule has 0 amide bonds. The maximum atomic E-state index is 13.5. The van der Waals surface area contributed by atoms with E-state index in [0.29, 0.717) is 4.47 Å². The molecule has 0 spiro atoms. The highest BCUT2D eigenvalue weighted by atomic mass is 79.9. The molecule has 0 radical (unpaired) electrons. The molecule has 1 heterocycles. The molecule has 2 aromatic rings. The molecular weight excluding hydrogens is 335 g/mol. The first kappa shape index (κ1) is 14.0. The average molecular weight is 345 g/mol. The summed E-state index contributed by atoms with van der Waals surface area (Å²) in [5.74, 6) is -0.628. The van der Waals surface area contributed by atoms with E-state index < -0.39 is 15.8 Å². The molecule has 2 rings (SSSR count). The van der Waals surface area contributed by atoms with Crippen LogP contribution in [0.5, 0.6) is 0 Å². The van der Waals surface area contributed by atoms with Gasteiger partial charge >= 0.3 is 0 Å². The van der Waals surface area contributed by atoms with Gasteiger partial charge in [0.1, 0.15) is 10.7 Å². The second-order valence-corrected chi connectivity index (χ2v) is 6.53. The molecule has 7 heteroatoms. The molecule has 4 nitrogen and oxygen atoms in total. The van der Waals surface area contributed by atoms with Crippen LogP contribution in [0, 0.1) is 12.7 Å². The molecule has 0 unspecified atom stereocenters. The maximum Gasteiger partial charge on any atom is 0.263 e. The van der Waals surface area contributed by atoms with Crippen LogP contribution in [0.25, 0.3) is 0 Å². The van der Waals surface area contributed by atoms with Gasteiger partial charge in [0.2, 0.25) is 0 Å². The van der Waals surface area contributed by atoms with Gasteiger partial charge in [-0.3, -0.25) is 9.71 Å². The Hall–Kier alpha value is -1.47. The number of pyridine rings is 1. The van der Waals surface area contributed by atoms with Gasteiger partial charge in [-0.1, -0.05) is 6.07 Å². The van der Waals surface area contributed by atoms with Crippen LogP contribution < -0.4 is 4.72 Å². The number of nitrogens with one attached hydrogen (secondary N) is 1. The van der Waals surface area contributed by atoms with Gasteiger partial charge in [0, 0.05) is 16.9 Å². The molecule has 0 atom stereocenters. The number of benzene rings is 1. The summed E-state index contributed by atoms with van der Waals surface area (Å²) in [4.78, 5) is 3.73. The van der Waals surface area contributed by atoms with Crippen molar-refractivity contribution in [1.82, 2.24) is 4.98 Å². The van der Waals surface area contributed by atoms with Gasteiger partial charge in [0.05, 0.1) is 5.69 Å². The molecular formula is C12H10BrFN2O2S. The molecule has 100 valence electrons. The minimum Gasteiger partial charge on any atom is -0.277 e. The van der Waals surface area contributed by atoms with E-state index in [1.807, 2.05) is 0 Å². The summed E-state index contributed by atoms with van der Waals surface area (Å²) in [6.07, 6.45) is 2.66. The molecule has 0 bridgehead atoms. The van der Waals surface area contributed by atoms with Gasteiger partial charge in [0.15, 0.2) is 0 Å². The van der Waals surface area contributed by atoms with Crippen LogP contribution in [-0.2, 0) is 10.0 Å². The predicted molar refractivity (Wildman–Crippen MR) is 73.9 cm³/mol. The summed E-state index contributed by atoms with van der Waals surface area (Å²) < 4.78 is 40.4. The molecule has 19 heavy (non-hydrogen) atoms. The fourth-order valence-corrected chi connectivity index (χ4v) is 3.02. The summed E-state index contributed by atoms with van der Waals surface area (Å²) in [7, 11) is -3.86. The Morgan fingerprint density at radius 1 is 1.26 bits per heavy atom. The number of sulfonamides is 1. The molecule has 0 aliphatic heterocycles. The number of rotatable bonds is 3. The number of anilines is 1. The van der Waals surface area contributed by atoms with Crippen LogP contribution in [0.1, 0.15) is 5.56 Å². The van der Waals surface area contributed by atoms with Crippen molar-refractivity contribution in [3.8, 4) is 0 Å². The highest BCUT2D eigenvalue weighted by Gasteiger charge is 2.17. The van der Waals surface area contributed by atoms with E-state index in [1.165, 1.54) is 30.6 Å². The van der Waals surface area contributed by atoms with Crippen molar-refractivity contribution in [3.63, 3.8) is 0 Å². The molecule has 0 fully saturated rings. The fourth-order valence-electron chi connectivity index (χ4n) is 1.46. The van der Waals surface area contributed by atoms with E-state index in [9.17, 15) is 12.8 Å². The Morgan fingerprint density at radius 2 is 2.00 bits per heavy atom. The van der Waals surface area contributed by atoms with E-state index in [4.69, 9.17) is 0 Å². The van der Waals surface area contributed by atoms with Crippen LogP contribution in [0.4, 0.5) is 10.1 Å². The highest BCUT2D eigenvalue weighted by molar-refractivity contribution is 9.10. The zero-order chi connectivity index (χ0) is 14.0. The number of aromatic nitrogens is 1. The summed E-state index contributed by atoms with van der Waals surface area (Å²) in [6.45, 7) is 1.75. The van der Waals surface area contributed by atoms with Gasteiger partial charge < -0.3 is 0 Å². The molecule has 1 aromatic carbocycles. The van der Waals surface area contributed by atoms with Crippen LogP contribution in [0.2, 0.25) is 0 Å². The van der Waals surface area contributed by atoms with Crippen molar-refractivity contribution < 1.29 is 12.8 Å². The van der Waals surface area contributed by atoms with Crippen molar-refractivity contribution in [2.45, 2.75) is 11.8 Å². The van der Waals surface area contributed by atoms with Gasteiger partial charge in [-0.05, 0) is 46.6 Å². The molecule has 1 N–H and O–H groups in total. The number of aryl methyl sites for hydroxylation is 1. The largest absolute Gasteiger partial charge is 0.277 e. The van der Waals surface area contributed by atoms with Crippen molar-refractivity contribution >= 4 is 31.6 Å². The first-order valence-electron chi connectivity index (χ1n) is 5.28. The molecule has 1 aromatic heterocycles. The van der Waals surface area contributed by atoms with E-state index in [-0.39, 0.29) is 10.6 Å². The minimum atomic E-state index is -3.86. The topological polar surface area (TPSA) is 59.1 Å². The number of nitrogens with zero attached hydrogens (tertiary/aromatic N) is 1. The lowest BCUT2D eigenvalue weighted by atomic mass is 10.2. The third-order valence-electron chi connectivity index (χ3n) is 2.36. The van der Waals surface area contributed by atoms with Crippen molar-refractivity contribution in [2.24, 2.45) is 0 Å². The first-order chi connectivity index (χ1) is 8.88. The second-order valence-electron chi connectivity index (χ2n) is 3.93. The predicted octanol–water partition coefficient (Wildman–Crippen LogP) is 3.09. The van der Waals surface area contributed by atoms with Gasteiger partial charge in [-0.25, -0.2) is 12.8 Å². The molecule has 0 aliphatic carbocycles. The lowest BCUT2D eigenvalue weighted by Crippen LogP contribution is -2.14. The quantitative estimate of drug-likeness (QED) is 0.930. The summed E-state index contributed by atoms with van der Waals surface area (Å²) in [5, 5.41) is 0. The zero-order valence-corrected chi connectivity index (χ0v) is 12.3. The first-order valence-corrected chi connectivity index (χ1v) is 7.55. The smallest absolute Gasteiger partial charge is 0.263 e.